The number of nitrogens with two attached hydrogens (primary N) is 1. The number of nitrogen functional groups attached to an aromatic ring is 1. The van der Waals surface area contributed by atoms with E-state index in [-0.39, 0.29) is 11.7 Å². The molecule has 2 N–H and O–H groups in total. The van der Waals surface area contributed by atoms with E-state index >= 15 is 0 Å². The fraction of sp³-hybridized carbons (Fsp3) is 0.316. The third-order valence-corrected chi connectivity index (χ3v) is 4.06. The van der Waals surface area contributed by atoms with Crippen LogP contribution in [0, 0.1) is 13.8 Å². The van der Waals surface area contributed by atoms with Crippen LogP contribution >= 0.6 is 0 Å². The molecule has 2 aromatic rings. The van der Waals surface area contributed by atoms with Gasteiger partial charge in [0.15, 0.2) is 0 Å². The Labute approximate surface area is 127 Å². The zero-order valence-electron chi connectivity index (χ0n) is 13.0. The third kappa shape index (κ3) is 3.94. The number of anilines is 1. The molecule has 0 saturated carbocycles. The van der Waals surface area contributed by atoms with E-state index in [0.29, 0.717) is 12.8 Å². The third-order valence-electron chi connectivity index (χ3n) is 4.06. The first-order valence-electron chi connectivity index (χ1n) is 7.39. The number of hydrogen-bond donors (Lipinski definition) is 1. The van der Waals surface area contributed by atoms with Gasteiger partial charge in [0, 0.05) is 18.5 Å². The summed E-state index contributed by atoms with van der Waals surface area (Å²) in [5.41, 5.74) is 11.2. The van der Waals surface area contributed by atoms with Crippen molar-refractivity contribution in [3.63, 3.8) is 0 Å². The summed E-state index contributed by atoms with van der Waals surface area (Å²) in [4.78, 5) is 12.3. The smallest absolute Gasteiger partial charge is 0.137 e. The van der Waals surface area contributed by atoms with E-state index in [1.54, 1.807) is 0 Å². The second-order valence-corrected chi connectivity index (χ2v) is 5.86. The van der Waals surface area contributed by atoms with Gasteiger partial charge in [-0.25, -0.2) is 0 Å². The second kappa shape index (κ2) is 6.57. The Morgan fingerprint density at radius 2 is 1.62 bits per heavy atom. The van der Waals surface area contributed by atoms with Crippen LogP contribution in [0.4, 0.5) is 5.69 Å². The highest BCUT2D eigenvalue weighted by molar-refractivity contribution is 5.82. The van der Waals surface area contributed by atoms with Crippen LogP contribution in [0.25, 0.3) is 0 Å². The summed E-state index contributed by atoms with van der Waals surface area (Å²) in [6.45, 7) is 6.23. The lowest BCUT2D eigenvalue weighted by Gasteiger charge is -2.13. The van der Waals surface area contributed by atoms with Gasteiger partial charge >= 0.3 is 0 Å². The number of aryl methyl sites for hydroxylation is 2. The van der Waals surface area contributed by atoms with Crippen molar-refractivity contribution in [3.8, 4) is 0 Å². The van der Waals surface area contributed by atoms with E-state index in [1.807, 2.05) is 30.3 Å². The van der Waals surface area contributed by atoms with Gasteiger partial charge in [-0.3, -0.25) is 4.79 Å². The minimum Gasteiger partial charge on any atom is -0.399 e. The minimum absolute atomic E-state index is 0.224. The lowest BCUT2D eigenvalue weighted by molar-refractivity contribution is -0.118. The number of hydrogen-bond acceptors (Lipinski definition) is 2. The molecule has 1 atom stereocenters. The number of Topliss-reactive ketones (excluding diaryl/α,β-unsaturated/α-hetero) is 1. The van der Waals surface area contributed by atoms with E-state index < -0.39 is 0 Å². The molecule has 0 saturated heterocycles. The SMILES string of the molecule is Cc1cccc(C)c1CC(=O)CC(C)c1ccc(N)cc1. The van der Waals surface area contributed by atoms with Crippen LogP contribution in [-0.4, -0.2) is 5.78 Å². The van der Waals surface area contributed by atoms with Gasteiger partial charge in [0.2, 0.25) is 0 Å². The van der Waals surface area contributed by atoms with Crippen molar-refractivity contribution in [2.45, 2.75) is 39.5 Å². The molecular formula is C19H23NO. The first kappa shape index (κ1) is 15.3. The largest absolute Gasteiger partial charge is 0.399 e. The first-order valence-corrected chi connectivity index (χ1v) is 7.39. The van der Waals surface area contributed by atoms with E-state index in [2.05, 4.69) is 32.9 Å². The van der Waals surface area contributed by atoms with Crippen LogP contribution < -0.4 is 5.73 Å². The van der Waals surface area contributed by atoms with Crippen molar-refractivity contribution in [3.05, 3.63) is 64.7 Å². The highest BCUT2D eigenvalue weighted by Gasteiger charge is 2.13. The molecule has 0 amide bonds. The molecular weight excluding hydrogens is 258 g/mol. The highest BCUT2D eigenvalue weighted by Crippen LogP contribution is 2.22. The van der Waals surface area contributed by atoms with Gasteiger partial charge in [-0.05, 0) is 54.2 Å². The molecule has 0 radical (unpaired) electrons. The molecule has 0 aromatic heterocycles. The summed E-state index contributed by atoms with van der Waals surface area (Å²) in [7, 11) is 0. The Hall–Kier alpha value is -2.09. The van der Waals surface area contributed by atoms with E-state index in [4.69, 9.17) is 5.73 Å². The molecule has 0 fully saturated rings. The van der Waals surface area contributed by atoms with Crippen molar-refractivity contribution in [2.75, 3.05) is 5.73 Å². The quantitative estimate of drug-likeness (QED) is 0.835. The molecule has 0 aliphatic rings. The molecule has 0 heterocycles. The maximum atomic E-state index is 12.3. The van der Waals surface area contributed by atoms with Crippen molar-refractivity contribution < 1.29 is 4.79 Å². The molecule has 0 bridgehead atoms. The molecule has 2 rings (SSSR count). The van der Waals surface area contributed by atoms with Crippen molar-refractivity contribution >= 4 is 11.5 Å². The number of carbonyl (C=O) groups is 1. The van der Waals surface area contributed by atoms with Gasteiger partial charge < -0.3 is 5.73 Å². The molecule has 2 heteroatoms. The summed E-state index contributed by atoms with van der Waals surface area (Å²) in [5.74, 6) is 0.513. The Morgan fingerprint density at radius 3 is 2.19 bits per heavy atom. The molecule has 1 unspecified atom stereocenters. The van der Waals surface area contributed by atoms with Gasteiger partial charge in [0.05, 0.1) is 0 Å². The predicted molar refractivity (Wildman–Crippen MR) is 88.5 cm³/mol. The van der Waals surface area contributed by atoms with Gasteiger partial charge in [-0.1, -0.05) is 37.3 Å². The Morgan fingerprint density at radius 1 is 1.05 bits per heavy atom. The summed E-state index contributed by atoms with van der Waals surface area (Å²) < 4.78 is 0. The monoisotopic (exact) mass is 281 g/mol. The molecule has 21 heavy (non-hydrogen) atoms. The Kier molecular flexibility index (Phi) is 4.79. The Balaban J connectivity index is 2.03. The molecule has 2 nitrogen and oxygen atoms in total. The van der Waals surface area contributed by atoms with Gasteiger partial charge in [-0.2, -0.15) is 0 Å². The lowest BCUT2D eigenvalue weighted by atomic mass is 9.91. The predicted octanol–water partition coefficient (Wildman–Crippen LogP) is 4.19. The van der Waals surface area contributed by atoms with Crippen molar-refractivity contribution in [1.82, 2.24) is 0 Å². The number of rotatable bonds is 5. The van der Waals surface area contributed by atoms with Crippen LogP contribution in [0.5, 0.6) is 0 Å². The molecule has 0 aliphatic carbocycles. The van der Waals surface area contributed by atoms with Crippen LogP contribution in [0.2, 0.25) is 0 Å². The van der Waals surface area contributed by atoms with Crippen molar-refractivity contribution in [1.29, 1.82) is 0 Å². The average Bonchev–Trinajstić information content (AvgIpc) is 2.43. The Bertz CT molecular complexity index is 608. The minimum atomic E-state index is 0.224. The normalized spacial score (nSPS) is 12.1. The summed E-state index contributed by atoms with van der Waals surface area (Å²) in [6, 6.07) is 14.0. The number of ketones is 1. The fourth-order valence-corrected chi connectivity index (χ4v) is 2.68. The maximum absolute atomic E-state index is 12.3. The molecule has 2 aromatic carbocycles. The van der Waals surface area contributed by atoms with E-state index in [0.717, 1.165) is 5.69 Å². The number of carbonyl (C=O) groups excluding carboxylic acids is 1. The van der Waals surface area contributed by atoms with Crippen LogP contribution in [0.3, 0.4) is 0 Å². The summed E-state index contributed by atoms with van der Waals surface area (Å²) in [5, 5.41) is 0. The number of benzene rings is 2. The van der Waals surface area contributed by atoms with Gasteiger partial charge in [-0.15, -0.1) is 0 Å². The zero-order chi connectivity index (χ0) is 15.4. The van der Waals surface area contributed by atoms with Gasteiger partial charge in [0.25, 0.3) is 0 Å². The second-order valence-electron chi connectivity index (χ2n) is 5.86. The molecule has 110 valence electrons. The molecule has 0 aliphatic heterocycles. The topological polar surface area (TPSA) is 43.1 Å². The lowest BCUT2D eigenvalue weighted by Crippen LogP contribution is -2.09. The average molecular weight is 281 g/mol. The standard InChI is InChI=1S/C19H23NO/c1-13-5-4-6-14(2)19(13)12-18(21)11-15(3)16-7-9-17(20)10-8-16/h4-10,15H,11-12,20H2,1-3H3. The van der Waals surface area contributed by atoms with E-state index in [9.17, 15) is 4.79 Å². The molecule has 0 spiro atoms. The van der Waals surface area contributed by atoms with Crippen LogP contribution in [0.1, 0.15) is 41.5 Å². The van der Waals surface area contributed by atoms with Crippen molar-refractivity contribution in [2.24, 2.45) is 0 Å². The van der Waals surface area contributed by atoms with Gasteiger partial charge in [0.1, 0.15) is 5.78 Å². The highest BCUT2D eigenvalue weighted by atomic mass is 16.1. The summed E-state index contributed by atoms with van der Waals surface area (Å²) in [6.07, 6.45) is 1.09. The fourth-order valence-electron chi connectivity index (χ4n) is 2.68. The van der Waals surface area contributed by atoms with Crippen LogP contribution in [-0.2, 0) is 11.2 Å². The van der Waals surface area contributed by atoms with E-state index in [1.165, 1.54) is 22.3 Å². The van der Waals surface area contributed by atoms with Crippen LogP contribution in [0.15, 0.2) is 42.5 Å². The zero-order valence-corrected chi connectivity index (χ0v) is 13.0. The first-order chi connectivity index (χ1) is 9.97. The summed E-state index contributed by atoms with van der Waals surface area (Å²) >= 11 is 0. The maximum Gasteiger partial charge on any atom is 0.137 e.